The molecule has 0 bridgehead atoms. The van der Waals surface area contributed by atoms with Crippen molar-refractivity contribution in [2.24, 2.45) is 10.4 Å². The summed E-state index contributed by atoms with van der Waals surface area (Å²) < 4.78 is 28.3. The van der Waals surface area contributed by atoms with Crippen LogP contribution in [0.4, 0.5) is 0 Å². The van der Waals surface area contributed by atoms with Crippen molar-refractivity contribution in [3.8, 4) is 11.5 Å². The molecule has 0 aliphatic carbocycles. The molecular formula is C19H28N4O3S. The molecule has 8 heteroatoms. The highest BCUT2D eigenvalue weighted by molar-refractivity contribution is 7.90. The standard InChI is InChI=1S/C19H28N4O3S/c1-19(2,10-11-27(4,24)25)14-22-18(20-3)21-12-16-13-26-17(23-16)15-8-6-5-7-9-15/h5-9,13H,10-12,14H2,1-4H3,(H2,20,21,22). The van der Waals surface area contributed by atoms with Crippen molar-refractivity contribution in [2.45, 2.75) is 26.8 Å². The first kappa shape index (κ1) is 21.0. The van der Waals surface area contributed by atoms with Crippen LogP contribution in [-0.4, -0.2) is 45.0 Å². The van der Waals surface area contributed by atoms with Crippen LogP contribution in [0.25, 0.3) is 11.5 Å². The zero-order chi connectivity index (χ0) is 19.9. The minimum Gasteiger partial charge on any atom is -0.444 e. The third-order valence-corrected chi connectivity index (χ3v) is 5.06. The van der Waals surface area contributed by atoms with Gasteiger partial charge in [-0.15, -0.1) is 0 Å². The van der Waals surface area contributed by atoms with E-state index in [0.29, 0.717) is 31.4 Å². The Morgan fingerprint density at radius 2 is 1.93 bits per heavy atom. The number of nitrogens with zero attached hydrogens (tertiary/aromatic N) is 2. The second-order valence-corrected chi connectivity index (χ2v) is 9.59. The average Bonchev–Trinajstić information content (AvgIpc) is 3.09. The molecule has 0 fully saturated rings. The summed E-state index contributed by atoms with van der Waals surface area (Å²) in [5, 5.41) is 6.43. The van der Waals surface area contributed by atoms with Crippen LogP contribution in [0.1, 0.15) is 26.0 Å². The number of aliphatic imine (C=N–C) groups is 1. The zero-order valence-corrected chi connectivity index (χ0v) is 17.1. The monoisotopic (exact) mass is 392 g/mol. The highest BCUT2D eigenvalue weighted by Gasteiger charge is 2.20. The molecule has 0 unspecified atom stereocenters. The maximum absolute atomic E-state index is 11.4. The van der Waals surface area contributed by atoms with Gasteiger partial charge in [-0.25, -0.2) is 13.4 Å². The van der Waals surface area contributed by atoms with Crippen molar-refractivity contribution < 1.29 is 12.8 Å². The first-order chi connectivity index (χ1) is 12.7. The molecule has 2 rings (SSSR count). The predicted octanol–water partition coefficient (Wildman–Crippen LogP) is 2.47. The summed E-state index contributed by atoms with van der Waals surface area (Å²) in [7, 11) is -1.27. The number of nitrogens with one attached hydrogen (secondary N) is 2. The highest BCUT2D eigenvalue weighted by Crippen LogP contribution is 2.20. The normalized spacial score (nSPS) is 12.8. The van der Waals surface area contributed by atoms with Crippen molar-refractivity contribution in [2.75, 3.05) is 25.6 Å². The van der Waals surface area contributed by atoms with E-state index in [9.17, 15) is 8.42 Å². The molecule has 2 aromatic rings. The molecule has 1 heterocycles. The highest BCUT2D eigenvalue weighted by atomic mass is 32.2. The third-order valence-electron chi connectivity index (χ3n) is 4.12. The summed E-state index contributed by atoms with van der Waals surface area (Å²) in [6.45, 7) is 5.14. The van der Waals surface area contributed by atoms with Crippen molar-refractivity contribution in [1.29, 1.82) is 0 Å². The molecule has 0 radical (unpaired) electrons. The molecule has 1 aromatic heterocycles. The smallest absolute Gasteiger partial charge is 0.226 e. The van der Waals surface area contributed by atoms with E-state index >= 15 is 0 Å². The van der Waals surface area contributed by atoms with Gasteiger partial charge in [0.1, 0.15) is 16.1 Å². The van der Waals surface area contributed by atoms with E-state index < -0.39 is 9.84 Å². The maximum atomic E-state index is 11.4. The van der Waals surface area contributed by atoms with Crippen LogP contribution < -0.4 is 10.6 Å². The quantitative estimate of drug-likeness (QED) is 0.529. The molecule has 0 saturated carbocycles. The lowest BCUT2D eigenvalue weighted by Crippen LogP contribution is -2.42. The molecule has 1 aromatic carbocycles. The molecular weight excluding hydrogens is 364 g/mol. The van der Waals surface area contributed by atoms with Gasteiger partial charge in [0.25, 0.3) is 0 Å². The molecule has 0 spiro atoms. The summed E-state index contributed by atoms with van der Waals surface area (Å²) in [6, 6.07) is 9.72. The Hall–Kier alpha value is -2.35. The summed E-state index contributed by atoms with van der Waals surface area (Å²) >= 11 is 0. The van der Waals surface area contributed by atoms with E-state index in [4.69, 9.17) is 4.42 Å². The van der Waals surface area contributed by atoms with Gasteiger partial charge >= 0.3 is 0 Å². The lowest BCUT2D eigenvalue weighted by Gasteiger charge is -2.25. The topological polar surface area (TPSA) is 96.6 Å². The number of hydrogen-bond acceptors (Lipinski definition) is 5. The van der Waals surface area contributed by atoms with Crippen LogP contribution in [0.3, 0.4) is 0 Å². The summed E-state index contributed by atoms with van der Waals surface area (Å²) in [5.41, 5.74) is 1.53. The van der Waals surface area contributed by atoms with Crippen molar-refractivity contribution >= 4 is 15.8 Å². The number of oxazole rings is 1. The van der Waals surface area contributed by atoms with Gasteiger partial charge in [0.05, 0.1) is 18.0 Å². The largest absolute Gasteiger partial charge is 0.444 e. The lowest BCUT2D eigenvalue weighted by molar-refractivity contribution is 0.348. The van der Waals surface area contributed by atoms with E-state index in [-0.39, 0.29) is 11.2 Å². The first-order valence-corrected chi connectivity index (χ1v) is 10.9. The molecule has 148 valence electrons. The molecule has 0 aliphatic rings. The number of aromatic nitrogens is 1. The fraction of sp³-hybridized carbons (Fsp3) is 0.474. The second kappa shape index (κ2) is 9.03. The molecule has 7 nitrogen and oxygen atoms in total. The van der Waals surface area contributed by atoms with Crippen LogP contribution in [0, 0.1) is 5.41 Å². The Labute approximate surface area is 161 Å². The molecule has 0 aliphatic heterocycles. The van der Waals surface area contributed by atoms with Crippen LogP contribution >= 0.6 is 0 Å². The molecule has 2 N–H and O–H groups in total. The van der Waals surface area contributed by atoms with Crippen molar-refractivity contribution in [1.82, 2.24) is 15.6 Å². The lowest BCUT2D eigenvalue weighted by atomic mass is 9.90. The van der Waals surface area contributed by atoms with Gasteiger partial charge in [0.2, 0.25) is 5.89 Å². The van der Waals surface area contributed by atoms with E-state index in [0.717, 1.165) is 11.3 Å². The Bertz CT molecular complexity index is 858. The molecule has 0 saturated heterocycles. The van der Waals surface area contributed by atoms with E-state index in [2.05, 4.69) is 20.6 Å². The van der Waals surface area contributed by atoms with Gasteiger partial charge in [-0.05, 0) is 24.0 Å². The molecule has 0 atom stereocenters. The van der Waals surface area contributed by atoms with E-state index in [1.807, 2.05) is 44.2 Å². The number of hydrogen-bond donors (Lipinski definition) is 2. The maximum Gasteiger partial charge on any atom is 0.226 e. The van der Waals surface area contributed by atoms with Gasteiger partial charge in [0.15, 0.2) is 5.96 Å². The summed E-state index contributed by atoms with van der Waals surface area (Å²) in [5.74, 6) is 1.39. The number of guanidine groups is 1. The van der Waals surface area contributed by atoms with Gasteiger partial charge in [-0.1, -0.05) is 32.0 Å². The summed E-state index contributed by atoms with van der Waals surface area (Å²) in [4.78, 5) is 8.67. The van der Waals surface area contributed by atoms with Gasteiger partial charge < -0.3 is 15.1 Å². The SMILES string of the molecule is CN=C(NCc1coc(-c2ccccc2)n1)NCC(C)(C)CCS(C)(=O)=O. The van der Waals surface area contributed by atoms with Crippen molar-refractivity contribution in [3.63, 3.8) is 0 Å². The fourth-order valence-electron chi connectivity index (χ4n) is 2.37. The van der Waals surface area contributed by atoms with Crippen molar-refractivity contribution in [3.05, 3.63) is 42.3 Å². The van der Waals surface area contributed by atoms with E-state index in [1.165, 1.54) is 6.26 Å². The van der Waals surface area contributed by atoms with Crippen LogP contribution in [0.5, 0.6) is 0 Å². The predicted molar refractivity (Wildman–Crippen MR) is 108 cm³/mol. The molecule has 27 heavy (non-hydrogen) atoms. The number of benzene rings is 1. The Balaban J connectivity index is 1.85. The minimum absolute atomic E-state index is 0.172. The first-order valence-electron chi connectivity index (χ1n) is 8.81. The summed E-state index contributed by atoms with van der Waals surface area (Å²) in [6.07, 6.45) is 3.47. The molecule has 0 amide bonds. The van der Waals surface area contributed by atoms with Crippen LogP contribution in [-0.2, 0) is 16.4 Å². The number of rotatable bonds is 8. The third kappa shape index (κ3) is 7.42. The number of sulfone groups is 1. The average molecular weight is 393 g/mol. The van der Waals surface area contributed by atoms with Gasteiger partial charge in [-0.3, -0.25) is 4.99 Å². The Morgan fingerprint density at radius 1 is 1.22 bits per heavy atom. The van der Waals surface area contributed by atoms with Gasteiger partial charge in [0, 0.05) is 25.4 Å². The zero-order valence-electron chi connectivity index (χ0n) is 16.3. The fourth-order valence-corrected chi connectivity index (χ4v) is 3.29. The van der Waals surface area contributed by atoms with E-state index in [1.54, 1.807) is 13.3 Å². The van der Waals surface area contributed by atoms with Crippen LogP contribution in [0.2, 0.25) is 0 Å². The Kier molecular flexibility index (Phi) is 7.01. The van der Waals surface area contributed by atoms with Crippen LogP contribution in [0.15, 0.2) is 46.0 Å². The second-order valence-electron chi connectivity index (χ2n) is 7.33. The Morgan fingerprint density at radius 3 is 2.56 bits per heavy atom. The van der Waals surface area contributed by atoms with Gasteiger partial charge in [-0.2, -0.15) is 0 Å². The minimum atomic E-state index is -2.96.